The van der Waals surface area contributed by atoms with Crippen LogP contribution < -0.4 is 4.72 Å². The molecule has 0 saturated heterocycles. The lowest BCUT2D eigenvalue weighted by Gasteiger charge is -2.09. The Morgan fingerprint density at radius 2 is 2.00 bits per heavy atom. The molecule has 0 aliphatic carbocycles. The lowest BCUT2D eigenvalue weighted by atomic mass is 10.1. The van der Waals surface area contributed by atoms with E-state index in [1.54, 1.807) is 6.33 Å². The molecule has 0 aliphatic rings. The fraction of sp³-hybridized carbons (Fsp3) is 0.235. The van der Waals surface area contributed by atoms with Crippen molar-refractivity contribution in [2.45, 2.75) is 19.1 Å². The first kappa shape index (κ1) is 15.7. The van der Waals surface area contributed by atoms with Gasteiger partial charge in [0.25, 0.3) is 0 Å². The van der Waals surface area contributed by atoms with Gasteiger partial charge in [-0.2, -0.15) is 0 Å². The van der Waals surface area contributed by atoms with Crippen LogP contribution in [0.25, 0.3) is 11.0 Å². The zero-order valence-electron chi connectivity index (χ0n) is 12.9. The largest absolute Gasteiger partial charge is 0.345 e. The van der Waals surface area contributed by atoms with Crippen LogP contribution in [0.3, 0.4) is 0 Å². The van der Waals surface area contributed by atoms with E-state index in [2.05, 4.69) is 14.7 Å². The maximum Gasteiger partial charge on any atom is 0.215 e. The first-order chi connectivity index (χ1) is 11.0. The van der Waals surface area contributed by atoms with E-state index in [9.17, 15) is 8.42 Å². The molecule has 0 radical (unpaired) electrons. The number of rotatable bonds is 6. The van der Waals surface area contributed by atoms with Gasteiger partial charge >= 0.3 is 0 Å². The van der Waals surface area contributed by atoms with Crippen molar-refractivity contribution in [3.8, 4) is 0 Å². The number of benzene rings is 2. The predicted molar refractivity (Wildman–Crippen MR) is 91.6 cm³/mol. The molecule has 3 rings (SSSR count). The molecule has 0 fully saturated rings. The van der Waals surface area contributed by atoms with Crippen molar-refractivity contribution in [1.29, 1.82) is 0 Å². The minimum atomic E-state index is -3.33. The van der Waals surface area contributed by atoms with Gasteiger partial charge in [0, 0.05) is 6.54 Å². The average Bonchev–Trinajstić information content (AvgIpc) is 2.97. The molecule has 0 aliphatic heterocycles. The Morgan fingerprint density at radius 1 is 1.17 bits per heavy atom. The molecule has 1 heterocycles. The Bertz CT molecular complexity index is 916. The maximum absolute atomic E-state index is 12.2. The highest BCUT2D eigenvalue weighted by Gasteiger charge is 2.12. The number of fused-ring (bicyclic) bond motifs is 1. The Hall–Kier alpha value is -2.18. The minimum Gasteiger partial charge on any atom is -0.345 e. The summed E-state index contributed by atoms with van der Waals surface area (Å²) in [6, 6.07) is 13.4. The second kappa shape index (κ2) is 6.52. The Balaban J connectivity index is 1.59. The predicted octanol–water partition coefficient (Wildman–Crippen LogP) is 2.53. The number of hydrogen-bond donors (Lipinski definition) is 2. The van der Waals surface area contributed by atoms with Crippen LogP contribution in [0.2, 0.25) is 0 Å². The monoisotopic (exact) mass is 329 g/mol. The van der Waals surface area contributed by atoms with Crippen molar-refractivity contribution in [2.75, 3.05) is 6.54 Å². The number of nitrogens with one attached hydrogen (secondary N) is 2. The van der Waals surface area contributed by atoms with Crippen molar-refractivity contribution in [3.05, 3.63) is 65.5 Å². The van der Waals surface area contributed by atoms with Crippen LogP contribution in [-0.2, 0) is 22.2 Å². The summed E-state index contributed by atoms with van der Waals surface area (Å²) >= 11 is 0. The summed E-state index contributed by atoms with van der Waals surface area (Å²) in [4.78, 5) is 7.22. The first-order valence-corrected chi connectivity index (χ1v) is 9.12. The van der Waals surface area contributed by atoms with Crippen LogP contribution in [0.1, 0.15) is 16.7 Å². The van der Waals surface area contributed by atoms with E-state index in [0.717, 1.165) is 27.7 Å². The van der Waals surface area contributed by atoms with Crippen molar-refractivity contribution in [2.24, 2.45) is 0 Å². The number of nitrogens with zero attached hydrogens (tertiary/aromatic N) is 1. The molecule has 23 heavy (non-hydrogen) atoms. The third-order valence-corrected chi connectivity index (χ3v) is 5.16. The van der Waals surface area contributed by atoms with E-state index < -0.39 is 10.0 Å². The normalized spacial score (nSPS) is 11.9. The van der Waals surface area contributed by atoms with Gasteiger partial charge in [-0.05, 0) is 42.2 Å². The number of aromatic amines is 1. The maximum atomic E-state index is 12.2. The molecule has 0 spiro atoms. The summed E-state index contributed by atoms with van der Waals surface area (Å²) < 4.78 is 27.0. The highest BCUT2D eigenvalue weighted by Crippen LogP contribution is 2.13. The smallest absolute Gasteiger partial charge is 0.215 e. The molecule has 0 saturated carbocycles. The molecule has 120 valence electrons. The summed E-state index contributed by atoms with van der Waals surface area (Å²) in [6.45, 7) is 2.30. The molecule has 0 atom stereocenters. The van der Waals surface area contributed by atoms with E-state index in [1.807, 2.05) is 49.4 Å². The van der Waals surface area contributed by atoms with Crippen molar-refractivity contribution in [3.63, 3.8) is 0 Å². The summed E-state index contributed by atoms with van der Waals surface area (Å²) in [6.07, 6.45) is 2.29. The number of aromatic nitrogens is 2. The number of H-pyrrole nitrogens is 1. The highest BCUT2D eigenvalue weighted by atomic mass is 32.2. The zero-order valence-corrected chi connectivity index (χ0v) is 13.7. The lowest BCUT2D eigenvalue weighted by molar-refractivity contribution is 0.580. The van der Waals surface area contributed by atoms with Gasteiger partial charge in [0.1, 0.15) is 0 Å². The quantitative estimate of drug-likeness (QED) is 0.730. The molecule has 2 N–H and O–H groups in total. The van der Waals surface area contributed by atoms with Crippen LogP contribution >= 0.6 is 0 Å². The third-order valence-electron chi connectivity index (χ3n) is 3.83. The van der Waals surface area contributed by atoms with Gasteiger partial charge in [0.2, 0.25) is 10.0 Å². The number of imidazole rings is 1. The summed E-state index contributed by atoms with van der Waals surface area (Å²) in [5, 5.41) is 0. The van der Waals surface area contributed by atoms with E-state index in [-0.39, 0.29) is 5.75 Å². The van der Waals surface area contributed by atoms with Crippen LogP contribution in [0.4, 0.5) is 0 Å². The molecule has 3 aromatic rings. The van der Waals surface area contributed by atoms with Gasteiger partial charge in [0.05, 0.1) is 23.1 Å². The number of sulfonamides is 1. The third kappa shape index (κ3) is 3.97. The van der Waals surface area contributed by atoms with Crippen LogP contribution in [0.5, 0.6) is 0 Å². The summed E-state index contributed by atoms with van der Waals surface area (Å²) in [5.74, 6) is 0.0132. The average molecular weight is 329 g/mol. The fourth-order valence-corrected chi connectivity index (χ4v) is 3.77. The molecule has 6 heteroatoms. The van der Waals surface area contributed by atoms with Crippen molar-refractivity contribution >= 4 is 21.1 Å². The van der Waals surface area contributed by atoms with Gasteiger partial charge in [-0.3, -0.25) is 0 Å². The molecule has 2 aromatic carbocycles. The molecule has 0 bridgehead atoms. The fourth-order valence-electron chi connectivity index (χ4n) is 2.52. The second-order valence-corrected chi connectivity index (χ2v) is 7.39. The SMILES string of the molecule is Cc1ccccc1CS(=O)(=O)NCCc1ccc2nc[nH]c2c1. The Labute approximate surface area is 135 Å². The van der Waals surface area contributed by atoms with Gasteiger partial charge in [-0.15, -0.1) is 0 Å². The summed E-state index contributed by atoms with van der Waals surface area (Å²) in [5.41, 5.74) is 4.76. The van der Waals surface area contributed by atoms with Crippen molar-refractivity contribution < 1.29 is 8.42 Å². The van der Waals surface area contributed by atoms with E-state index in [0.29, 0.717) is 13.0 Å². The van der Waals surface area contributed by atoms with E-state index in [4.69, 9.17) is 0 Å². The molecule has 1 aromatic heterocycles. The number of aryl methyl sites for hydroxylation is 1. The number of hydrogen-bond acceptors (Lipinski definition) is 3. The molecule has 5 nitrogen and oxygen atoms in total. The second-order valence-electron chi connectivity index (χ2n) is 5.58. The molecule has 0 unspecified atom stereocenters. The van der Waals surface area contributed by atoms with Gasteiger partial charge in [-0.25, -0.2) is 18.1 Å². The van der Waals surface area contributed by atoms with Crippen LogP contribution in [0, 0.1) is 6.92 Å². The van der Waals surface area contributed by atoms with Crippen LogP contribution in [-0.4, -0.2) is 24.9 Å². The van der Waals surface area contributed by atoms with E-state index >= 15 is 0 Å². The Morgan fingerprint density at radius 3 is 2.83 bits per heavy atom. The standard InChI is InChI=1S/C17H19N3O2S/c1-13-4-2-3-5-15(13)11-23(21,22)20-9-8-14-6-7-16-17(10-14)19-12-18-16/h2-7,10,12,20H,8-9,11H2,1H3,(H,18,19). The van der Waals surface area contributed by atoms with Gasteiger partial charge in [0.15, 0.2) is 0 Å². The zero-order chi connectivity index (χ0) is 16.3. The molecular formula is C17H19N3O2S. The minimum absolute atomic E-state index is 0.0132. The van der Waals surface area contributed by atoms with Gasteiger partial charge < -0.3 is 4.98 Å². The lowest BCUT2D eigenvalue weighted by Crippen LogP contribution is -2.27. The topological polar surface area (TPSA) is 74.8 Å². The Kier molecular flexibility index (Phi) is 4.45. The highest BCUT2D eigenvalue weighted by molar-refractivity contribution is 7.88. The van der Waals surface area contributed by atoms with Crippen molar-refractivity contribution in [1.82, 2.24) is 14.7 Å². The first-order valence-electron chi connectivity index (χ1n) is 7.47. The van der Waals surface area contributed by atoms with Gasteiger partial charge in [-0.1, -0.05) is 30.3 Å². The molecule has 0 amide bonds. The van der Waals surface area contributed by atoms with Crippen LogP contribution in [0.15, 0.2) is 48.8 Å². The summed E-state index contributed by atoms with van der Waals surface area (Å²) in [7, 11) is -3.33. The van der Waals surface area contributed by atoms with E-state index in [1.165, 1.54) is 0 Å². The molecular weight excluding hydrogens is 310 g/mol.